The number of para-hydroxylation sites is 2. The Labute approximate surface area is 168 Å². The molecule has 0 saturated carbocycles. The van der Waals surface area contributed by atoms with Gasteiger partial charge in [0.15, 0.2) is 5.82 Å². The van der Waals surface area contributed by atoms with Gasteiger partial charge in [-0.1, -0.05) is 65.8 Å². The molecule has 6 nitrogen and oxygen atoms in total. The van der Waals surface area contributed by atoms with Crippen LogP contribution in [-0.4, -0.2) is 16.0 Å². The van der Waals surface area contributed by atoms with E-state index in [1.54, 1.807) is 12.1 Å². The van der Waals surface area contributed by atoms with Gasteiger partial charge in [0.1, 0.15) is 0 Å². The maximum atomic E-state index is 12.4. The molecule has 0 spiro atoms. The Balaban J connectivity index is 1.40. The van der Waals surface area contributed by atoms with Gasteiger partial charge in [0, 0.05) is 12.0 Å². The molecule has 4 aromatic rings. The van der Waals surface area contributed by atoms with E-state index in [1.807, 2.05) is 72.8 Å². The molecule has 0 fully saturated rings. The molecule has 0 aliphatic carbocycles. The third kappa shape index (κ3) is 4.87. The first-order chi connectivity index (χ1) is 14.3. The van der Waals surface area contributed by atoms with E-state index in [-0.39, 0.29) is 5.91 Å². The Kier molecular flexibility index (Phi) is 5.62. The van der Waals surface area contributed by atoms with Crippen molar-refractivity contribution in [1.29, 1.82) is 0 Å². The predicted octanol–water partition coefficient (Wildman–Crippen LogP) is 4.52. The summed E-state index contributed by atoms with van der Waals surface area (Å²) in [5.74, 6) is 0.960. The number of amides is 1. The van der Waals surface area contributed by atoms with Crippen LogP contribution in [-0.2, 0) is 13.0 Å². The molecule has 1 amide bonds. The molecular formula is C23H20N4O2. The Hall–Kier alpha value is -3.93. The van der Waals surface area contributed by atoms with Gasteiger partial charge in [-0.15, -0.1) is 0 Å². The minimum Gasteiger partial charge on any atom is -0.374 e. The summed E-state index contributed by atoms with van der Waals surface area (Å²) in [4.78, 5) is 16.9. The molecule has 29 heavy (non-hydrogen) atoms. The molecule has 0 atom stereocenters. The SMILES string of the molecule is O=C(Nc1ccccc1NCc1nc(Cc2ccccc2)no1)c1ccccc1. The summed E-state index contributed by atoms with van der Waals surface area (Å²) >= 11 is 0. The van der Waals surface area contributed by atoms with E-state index >= 15 is 0 Å². The molecule has 6 heteroatoms. The number of anilines is 2. The summed E-state index contributed by atoms with van der Waals surface area (Å²) in [6.45, 7) is 0.361. The number of hydrogen-bond donors (Lipinski definition) is 2. The Morgan fingerprint density at radius 2 is 1.48 bits per heavy atom. The molecule has 1 heterocycles. The van der Waals surface area contributed by atoms with E-state index < -0.39 is 0 Å². The van der Waals surface area contributed by atoms with Gasteiger partial charge in [-0.2, -0.15) is 4.98 Å². The van der Waals surface area contributed by atoms with Crippen LogP contribution in [0.2, 0.25) is 0 Å². The largest absolute Gasteiger partial charge is 0.374 e. The number of hydrogen-bond acceptors (Lipinski definition) is 5. The van der Waals surface area contributed by atoms with Crippen LogP contribution in [0.15, 0.2) is 89.5 Å². The lowest BCUT2D eigenvalue weighted by Gasteiger charge is -2.12. The second kappa shape index (κ2) is 8.84. The minimum absolute atomic E-state index is 0.164. The molecule has 144 valence electrons. The van der Waals surface area contributed by atoms with Gasteiger partial charge in [0.05, 0.1) is 17.9 Å². The van der Waals surface area contributed by atoms with Crippen LogP contribution in [0.4, 0.5) is 11.4 Å². The predicted molar refractivity (Wildman–Crippen MR) is 112 cm³/mol. The molecule has 0 unspecified atom stereocenters. The average molecular weight is 384 g/mol. The van der Waals surface area contributed by atoms with E-state index in [4.69, 9.17) is 4.52 Å². The fourth-order valence-electron chi connectivity index (χ4n) is 2.91. The lowest BCUT2D eigenvalue weighted by atomic mass is 10.1. The molecule has 0 aliphatic rings. The fourth-order valence-corrected chi connectivity index (χ4v) is 2.91. The highest BCUT2D eigenvalue weighted by atomic mass is 16.5. The summed E-state index contributed by atoms with van der Waals surface area (Å²) in [5.41, 5.74) is 3.19. The summed E-state index contributed by atoms with van der Waals surface area (Å²) < 4.78 is 5.34. The Morgan fingerprint density at radius 3 is 2.24 bits per heavy atom. The van der Waals surface area contributed by atoms with Crippen LogP contribution in [0.25, 0.3) is 0 Å². The lowest BCUT2D eigenvalue weighted by Crippen LogP contribution is -2.13. The van der Waals surface area contributed by atoms with Crippen molar-refractivity contribution in [3.05, 3.63) is 108 Å². The smallest absolute Gasteiger partial charge is 0.255 e. The Morgan fingerprint density at radius 1 is 0.828 bits per heavy atom. The fraction of sp³-hybridized carbons (Fsp3) is 0.0870. The summed E-state index contributed by atoms with van der Waals surface area (Å²) in [6.07, 6.45) is 0.619. The zero-order valence-corrected chi connectivity index (χ0v) is 15.7. The zero-order valence-electron chi connectivity index (χ0n) is 15.7. The second-order valence-corrected chi connectivity index (χ2v) is 6.49. The number of carbonyl (C=O) groups is 1. The topological polar surface area (TPSA) is 80.0 Å². The van der Waals surface area contributed by atoms with E-state index in [2.05, 4.69) is 20.8 Å². The highest BCUT2D eigenvalue weighted by molar-refractivity contribution is 6.05. The molecule has 3 aromatic carbocycles. The van der Waals surface area contributed by atoms with Crippen LogP contribution >= 0.6 is 0 Å². The van der Waals surface area contributed by atoms with Crippen molar-refractivity contribution in [2.75, 3.05) is 10.6 Å². The number of carbonyl (C=O) groups excluding carboxylic acids is 1. The van der Waals surface area contributed by atoms with Crippen LogP contribution in [0.5, 0.6) is 0 Å². The Bertz CT molecular complexity index is 1080. The van der Waals surface area contributed by atoms with Gasteiger partial charge in [0.2, 0.25) is 5.89 Å². The van der Waals surface area contributed by atoms with E-state index in [0.29, 0.717) is 35.9 Å². The maximum absolute atomic E-state index is 12.4. The molecule has 0 saturated heterocycles. The monoisotopic (exact) mass is 384 g/mol. The third-order valence-corrected chi connectivity index (χ3v) is 4.36. The van der Waals surface area contributed by atoms with E-state index in [9.17, 15) is 4.79 Å². The van der Waals surface area contributed by atoms with Crippen molar-refractivity contribution in [3.63, 3.8) is 0 Å². The van der Waals surface area contributed by atoms with Gasteiger partial charge in [-0.3, -0.25) is 4.79 Å². The van der Waals surface area contributed by atoms with Gasteiger partial charge >= 0.3 is 0 Å². The van der Waals surface area contributed by atoms with Gasteiger partial charge < -0.3 is 15.2 Å². The first-order valence-corrected chi connectivity index (χ1v) is 9.32. The molecule has 0 aliphatic heterocycles. The average Bonchev–Trinajstić information content (AvgIpc) is 3.21. The number of benzene rings is 3. The van der Waals surface area contributed by atoms with Gasteiger partial charge in [-0.05, 0) is 29.8 Å². The van der Waals surface area contributed by atoms with Crippen molar-refractivity contribution in [3.8, 4) is 0 Å². The molecular weight excluding hydrogens is 364 g/mol. The first-order valence-electron chi connectivity index (χ1n) is 9.32. The quantitative estimate of drug-likeness (QED) is 0.489. The molecule has 0 radical (unpaired) electrons. The second-order valence-electron chi connectivity index (χ2n) is 6.49. The van der Waals surface area contributed by atoms with Crippen molar-refractivity contribution < 1.29 is 9.32 Å². The molecule has 4 rings (SSSR count). The van der Waals surface area contributed by atoms with Crippen molar-refractivity contribution in [2.24, 2.45) is 0 Å². The van der Waals surface area contributed by atoms with E-state index in [1.165, 1.54) is 0 Å². The van der Waals surface area contributed by atoms with Crippen LogP contribution in [0.3, 0.4) is 0 Å². The number of nitrogens with zero attached hydrogens (tertiary/aromatic N) is 2. The highest BCUT2D eigenvalue weighted by Gasteiger charge is 2.11. The number of nitrogens with one attached hydrogen (secondary N) is 2. The van der Waals surface area contributed by atoms with Crippen molar-refractivity contribution in [1.82, 2.24) is 10.1 Å². The molecule has 2 N–H and O–H groups in total. The van der Waals surface area contributed by atoms with Gasteiger partial charge in [-0.25, -0.2) is 0 Å². The van der Waals surface area contributed by atoms with Gasteiger partial charge in [0.25, 0.3) is 5.91 Å². The van der Waals surface area contributed by atoms with E-state index in [0.717, 1.165) is 11.3 Å². The summed E-state index contributed by atoms with van der Waals surface area (Å²) in [6, 6.07) is 26.6. The van der Waals surface area contributed by atoms with Crippen LogP contribution < -0.4 is 10.6 Å². The lowest BCUT2D eigenvalue weighted by molar-refractivity contribution is 0.102. The molecule has 1 aromatic heterocycles. The summed E-state index contributed by atoms with van der Waals surface area (Å²) in [7, 11) is 0. The van der Waals surface area contributed by atoms with Crippen LogP contribution in [0.1, 0.15) is 27.6 Å². The minimum atomic E-state index is -0.164. The third-order valence-electron chi connectivity index (χ3n) is 4.36. The zero-order chi connectivity index (χ0) is 19.9. The number of aromatic nitrogens is 2. The summed E-state index contributed by atoms with van der Waals surface area (Å²) in [5, 5.41) is 10.2. The van der Waals surface area contributed by atoms with Crippen LogP contribution in [0, 0.1) is 0 Å². The highest BCUT2D eigenvalue weighted by Crippen LogP contribution is 2.22. The first kappa shape index (κ1) is 18.4. The molecule has 0 bridgehead atoms. The normalized spacial score (nSPS) is 10.5. The standard InChI is InChI=1S/C23H20N4O2/c28-23(18-11-5-2-6-12-18)25-20-14-8-7-13-19(20)24-16-22-26-21(27-29-22)15-17-9-3-1-4-10-17/h1-14,24H,15-16H2,(H,25,28). The maximum Gasteiger partial charge on any atom is 0.255 e. The van der Waals surface area contributed by atoms with Crippen molar-refractivity contribution >= 4 is 17.3 Å². The number of rotatable bonds is 7. The van der Waals surface area contributed by atoms with Crippen molar-refractivity contribution in [2.45, 2.75) is 13.0 Å².